The van der Waals surface area contributed by atoms with Crippen molar-refractivity contribution in [1.82, 2.24) is 14.7 Å². The molecule has 0 saturated carbocycles. The van der Waals surface area contributed by atoms with Crippen LogP contribution in [0.1, 0.15) is 32.9 Å². The summed E-state index contributed by atoms with van der Waals surface area (Å²) < 4.78 is 5.20. The molecule has 2 aliphatic rings. The average Bonchev–Trinajstić information content (AvgIpc) is 3.50. The SMILES string of the molecule is COc1cccc(C(=O)N2CCN(C(=O)[C@@H]3CCCN3C(=O)c3cccs3)CC2)c1. The maximum atomic E-state index is 13.1. The van der Waals surface area contributed by atoms with E-state index in [1.807, 2.05) is 11.4 Å². The number of carbonyl (C=O) groups is 3. The van der Waals surface area contributed by atoms with Crippen molar-refractivity contribution in [2.75, 3.05) is 39.8 Å². The Morgan fingerprint density at radius 3 is 2.43 bits per heavy atom. The van der Waals surface area contributed by atoms with Gasteiger partial charge in [0.15, 0.2) is 0 Å². The molecule has 158 valence electrons. The second-order valence-corrected chi connectivity index (χ2v) is 8.43. The molecule has 0 unspecified atom stereocenters. The maximum Gasteiger partial charge on any atom is 0.264 e. The summed E-state index contributed by atoms with van der Waals surface area (Å²) in [6.07, 6.45) is 1.53. The molecule has 2 saturated heterocycles. The van der Waals surface area contributed by atoms with E-state index in [-0.39, 0.29) is 17.7 Å². The Labute approximate surface area is 179 Å². The molecule has 7 nitrogen and oxygen atoms in total. The third-order valence-corrected chi connectivity index (χ3v) is 6.58. The number of carbonyl (C=O) groups excluding carboxylic acids is 3. The van der Waals surface area contributed by atoms with E-state index in [0.29, 0.717) is 55.3 Å². The summed E-state index contributed by atoms with van der Waals surface area (Å²) in [5, 5.41) is 1.87. The fourth-order valence-corrected chi connectivity index (χ4v) is 4.77. The topological polar surface area (TPSA) is 70.2 Å². The van der Waals surface area contributed by atoms with Gasteiger partial charge in [0.2, 0.25) is 5.91 Å². The number of methoxy groups -OCH3 is 1. The van der Waals surface area contributed by atoms with Crippen molar-refractivity contribution in [3.8, 4) is 5.75 Å². The van der Waals surface area contributed by atoms with Crippen molar-refractivity contribution in [2.45, 2.75) is 18.9 Å². The van der Waals surface area contributed by atoms with Crippen LogP contribution < -0.4 is 4.74 Å². The van der Waals surface area contributed by atoms with Crippen molar-refractivity contribution >= 4 is 29.1 Å². The van der Waals surface area contributed by atoms with E-state index in [1.165, 1.54) is 11.3 Å². The number of hydrogen-bond donors (Lipinski definition) is 0. The van der Waals surface area contributed by atoms with Crippen molar-refractivity contribution in [2.24, 2.45) is 0 Å². The molecule has 1 aromatic carbocycles. The fourth-order valence-electron chi connectivity index (χ4n) is 4.09. The van der Waals surface area contributed by atoms with Gasteiger partial charge in [-0.25, -0.2) is 0 Å². The number of ether oxygens (including phenoxy) is 1. The largest absolute Gasteiger partial charge is 0.497 e. The minimum atomic E-state index is -0.403. The lowest BCUT2D eigenvalue weighted by Crippen LogP contribution is -2.55. The highest BCUT2D eigenvalue weighted by Crippen LogP contribution is 2.24. The van der Waals surface area contributed by atoms with Gasteiger partial charge in [0.05, 0.1) is 12.0 Å². The Morgan fingerprint density at radius 2 is 1.73 bits per heavy atom. The van der Waals surface area contributed by atoms with Crippen LogP contribution in [0.2, 0.25) is 0 Å². The first-order chi connectivity index (χ1) is 14.6. The fraction of sp³-hybridized carbons (Fsp3) is 0.409. The van der Waals surface area contributed by atoms with Crippen molar-refractivity contribution in [3.05, 3.63) is 52.2 Å². The maximum absolute atomic E-state index is 13.1. The molecule has 30 heavy (non-hydrogen) atoms. The number of thiophene rings is 1. The lowest BCUT2D eigenvalue weighted by Gasteiger charge is -2.37. The summed E-state index contributed by atoms with van der Waals surface area (Å²) in [5.74, 6) is 0.515. The van der Waals surface area contributed by atoms with Gasteiger partial charge < -0.3 is 19.4 Å². The molecular formula is C22H25N3O4S. The standard InChI is InChI=1S/C22H25N3O4S/c1-29-17-6-2-5-16(15-17)20(26)23-10-12-24(13-11-23)21(27)18-7-3-9-25(18)22(28)19-8-4-14-30-19/h2,4-6,8,14-15,18H,3,7,9-13H2,1H3/t18-/m0/s1. The first-order valence-corrected chi connectivity index (χ1v) is 11.0. The summed E-state index contributed by atoms with van der Waals surface area (Å²) in [5.41, 5.74) is 0.581. The third kappa shape index (κ3) is 4.05. The summed E-state index contributed by atoms with van der Waals surface area (Å²) in [4.78, 5) is 44.6. The van der Waals surface area contributed by atoms with E-state index in [0.717, 1.165) is 6.42 Å². The first kappa shape index (κ1) is 20.4. The lowest BCUT2D eigenvalue weighted by molar-refractivity contribution is -0.136. The van der Waals surface area contributed by atoms with E-state index >= 15 is 0 Å². The van der Waals surface area contributed by atoms with Gasteiger partial charge in [0.1, 0.15) is 11.8 Å². The van der Waals surface area contributed by atoms with E-state index in [1.54, 1.807) is 52.1 Å². The van der Waals surface area contributed by atoms with Crippen LogP contribution in [0.25, 0.3) is 0 Å². The van der Waals surface area contributed by atoms with Crippen LogP contribution in [0, 0.1) is 0 Å². The van der Waals surface area contributed by atoms with Gasteiger partial charge in [-0.2, -0.15) is 0 Å². The van der Waals surface area contributed by atoms with Gasteiger partial charge in [-0.05, 0) is 42.5 Å². The van der Waals surface area contributed by atoms with Crippen molar-refractivity contribution in [3.63, 3.8) is 0 Å². The van der Waals surface area contributed by atoms with Crippen molar-refractivity contribution in [1.29, 1.82) is 0 Å². The quantitative estimate of drug-likeness (QED) is 0.751. The van der Waals surface area contributed by atoms with Crippen LogP contribution in [0.5, 0.6) is 5.75 Å². The molecule has 0 aliphatic carbocycles. The molecule has 4 rings (SSSR count). The normalized spacial score (nSPS) is 19.1. The van der Waals surface area contributed by atoms with Gasteiger partial charge in [-0.15, -0.1) is 11.3 Å². The monoisotopic (exact) mass is 427 g/mol. The van der Waals surface area contributed by atoms with Gasteiger partial charge >= 0.3 is 0 Å². The number of hydrogen-bond acceptors (Lipinski definition) is 5. The Balaban J connectivity index is 1.37. The molecule has 3 amide bonds. The average molecular weight is 428 g/mol. The zero-order valence-corrected chi connectivity index (χ0v) is 17.8. The molecule has 0 bridgehead atoms. The van der Waals surface area contributed by atoms with Crippen LogP contribution in [0.15, 0.2) is 41.8 Å². The van der Waals surface area contributed by atoms with Crippen LogP contribution in [0.4, 0.5) is 0 Å². The highest BCUT2D eigenvalue weighted by Gasteiger charge is 2.38. The minimum Gasteiger partial charge on any atom is -0.497 e. The molecule has 2 aromatic rings. The van der Waals surface area contributed by atoms with Gasteiger partial charge in [0.25, 0.3) is 11.8 Å². The van der Waals surface area contributed by atoms with Crippen LogP contribution in [-0.4, -0.2) is 78.3 Å². The number of likely N-dealkylation sites (tertiary alicyclic amines) is 1. The molecule has 2 aliphatic heterocycles. The summed E-state index contributed by atoms with van der Waals surface area (Å²) in [6, 6.07) is 10.4. The summed E-state index contributed by atoms with van der Waals surface area (Å²) in [7, 11) is 1.57. The Hall–Kier alpha value is -2.87. The number of rotatable bonds is 4. The predicted octanol–water partition coefficient (Wildman–Crippen LogP) is 2.35. The molecule has 1 atom stereocenters. The minimum absolute atomic E-state index is 0.00844. The summed E-state index contributed by atoms with van der Waals surface area (Å²) >= 11 is 1.40. The molecule has 0 N–H and O–H groups in total. The van der Waals surface area contributed by atoms with Crippen molar-refractivity contribution < 1.29 is 19.1 Å². The zero-order valence-electron chi connectivity index (χ0n) is 17.0. The van der Waals surface area contributed by atoms with E-state index in [9.17, 15) is 14.4 Å². The second kappa shape index (κ2) is 8.87. The van der Waals surface area contributed by atoms with E-state index in [4.69, 9.17) is 4.74 Å². The smallest absolute Gasteiger partial charge is 0.264 e. The first-order valence-electron chi connectivity index (χ1n) is 10.1. The van der Waals surface area contributed by atoms with E-state index < -0.39 is 6.04 Å². The molecular weight excluding hydrogens is 402 g/mol. The number of nitrogens with zero attached hydrogens (tertiary/aromatic N) is 3. The molecule has 0 radical (unpaired) electrons. The zero-order chi connectivity index (χ0) is 21.1. The molecule has 2 fully saturated rings. The predicted molar refractivity (Wildman–Crippen MR) is 114 cm³/mol. The Kier molecular flexibility index (Phi) is 6.03. The van der Waals surface area contributed by atoms with Crippen LogP contribution in [0.3, 0.4) is 0 Å². The number of amides is 3. The molecule has 8 heteroatoms. The lowest BCUT2D eigenvalue weighted by atomic mass is 10.1. The molecule has 0 spiro atoms. The van der Waals surface area contributed by atoms with Gasteiger partial charge in [-0.3, -0.25) is 14.4 Å². The van der Waals surface area contributed by atoms with Crippen LogP contribution in [-0.2, 0) is 4.79 Å². The summed E-state index contributed by atoms with van der Waals surface area (Å²) in [6.45, 7) is 2.53. The second-order valence-electron chi connectivity index (χ2n) is 7.48. The molecule has 3 heterocycles. The van der Waals surface area contributed by atoms with Gasteiger partial charge in [-0.1, -0.05) is 12.1 Å². The van der Waals surface area contributed by atoms with Gasteiger partial charge in [0, 0.05) is 38.3 Å². The Bertz CT molecular complexity index is 922. The van der Waals surface area contributed by atoms with Crippen LogP contribution >= 0.6 is 11.3 Å². The highest BCUT2D eigenvalue weighted by atomic mass is 32.1. The Morgan fingerprint density at radius 1 is 0.967 bits per heavy atom. The number of piperazine rings is 1. The molecule has 1 aromatic heterocycles. The number of benzene rings is 1. The third-order valence-electron chi connectivity index (χ3n) is 5.73. The van der Waals surface area contributed by atoms with E-state index in [2.05, 4.69) is 0 Å². The highest BCUT2D eigenvalue weighted by molar-refractivity contribution is 7.12.